The van der Waals surface area contributed by atoms with Crippen molar-refractivity contribution in [2.75, 3.05) is 18.3 Å². The van der Waals surface area contributed by atoms with Crippen molar-refractivity contribution in [3.8, 4) is 11.5 Å². The molecule has 0 saturated heterocycles. The minimum absolute atomic E-state index is 0.288. The first-order chi connectivity index (χ1) is 14.2. The Labute approximate surface area is 174 Å². The number of hydrogen-bond acceptors (Lipinski definition) is 4. The molecule has 0 aromatic heterocycles. The Morgan fingerprint density at radius 2 is 1.79 bits per heavy atom. The molecule has 0 aliphatic carbocycles. The van der Waals surface area contributed by atoms with E-state index in [-0.39, 0.29) is 6.61 Å². The van der Waals surface area contributed by atoms with Gasteiger partial charge in [-0.3, -0.25) is 8.91 Å². The van der Waals surface area contributed by atoms with E-state index in [9.17, 15) is 4.21 Å². The van der Waals surface area contributed by atoms with Crippen LogP contribution in [0.5, 0.6) is 11.5 Å². The molecule has 29 heavy (non-hydrogen) atoms. The molecule has 6 heteroatoms. The van der Waals surface area contributed by atoms with Gasteiger partial charge in [0.2, 0.25) is 0 Å². The second-order valence-corrected chi connectivity index (χ2v) is 8.00. The fourth-order valence-corrected chi connectivity index (χ4v) is 3.98. The molecule has 1 N–H and O–H groups in total. The van der Waals surface area contributed by atoms with E-state index in [0.717, 1.165) is 36.6 Å². The molecule has 1 aliphatic heterocycles. The van der Waals surface area contributed by atoms with Crippen molar-refractivity contribution in [2.45, 2.75) is 19.6 Å². The van der Waals surface area contributed by atoms with Crippen molar-refractivity contribution in [3.63, 3.8) is 0 Å². The van der Waals surface area contributed by atoms with Gasteiger partial charge in [0, 0.05) is 24.3 Å². The zero-order valence-electron chi connectivity index (χ0n) is 16.3. The minimum atomic E-state index is -1.62. The van der Waals surface area contributed by atoms with Gasteiger partial charge in [-0.15, -0.1) is 0 Å². The van der Waals surface area contributed by atoms with Crippen molar-refractivity contribution in [1.29, 1.82) is 0 Å². The molecule has 0 saturated carbocycles. The van der Waals surface area contributed by atoms with E-state index in [1.165, 1.54) is 11.1 Å². The van der Waals surface area contributed by atoms with Crippen LogP contribution in [0, 0.1) is 0 Å². The summed E-state index contributed by atoms with van der Waals surface area (Å²) in [4.78, 5) is 2.31. The quantitative estimate of drug-likeness (QED) is 0.617. The van der Waals surface area contributed by atoms with Crippen LogP contribution in [0.4, 0.5) is 5.69 Å². The number of rotatable bonds is 7. The minimum Gasteiger partial charge on any atom is -0.457 e. The van der Waals surface area contributed by atoms with Gasteiger partial charge in [-0.1, -0.05) is 42.5 Å². The normalized spacial score (nSPS) is 14.8. The summed E-state index contributed by atoms with van der Waals surface area (Å²) >= 11 is -1.62. The third kappa shape index (κ3) is 5.23. The van der Waals surface area contributed by atoms with Crippen LogP contribution in [-0.2, 0) is 35.0 Å². The van der Waals surface area contributed by atoms with Gasteiger partial charge in [-0.05, 0) is 54.9 Å². The summed E-state index contributed by atoms with van der Waals surface area (Å²) in [6.45, 7) is 2.27. The Hall–Kier alpha value is -2.67. The summed E-state index contributed by atoms with van der Waals surface area (Å²) in [5, 5.41) is 0. The molecule has 3 aromatic rings. The Morgan fingerprint density at radius 1 is 1.00 bits per heavy atom. The SMILES string of the molecule is CN1CCc2c(cccc2Oc2ccc(NS(=O)OCc3ccccc3)cc2)C1. The third-order valence-corrected chi connectivity index (χ3v) is 5.61. The van der Waals surface area contributed by atoms with Crippen molar-refractivity contribution >= 4 is 17.0 Å². The molecule has 0 spiro atoms. The fourth-order valence-electron chi connectivity index (χ4n) is 3.35. The topological polar surface area (TPSA) is 50.8 Å². The van der Waals surface area contributed by atoms with Crippen molar-refractivity contribution in [2.24, 2.45) is 0 Å². The molecule has 1 atom stereocenters. The van der Waals surface area contributed by atoms with Crippen molar-refractivity contribution in [3.05, 3.63) is 89.5 Å². The average Bonchev–Trinajstić information content (AvgIpc) is 2.74. The Morgan fingerprint density at radius 3 is 2.59 bits per heavy atom. The average molecular weight is 409 g/mol. The highest BCUT2D eigenvalue weighted by Gasteiger charge is 2.17. The van der Waals surface area contributed by atoms with Gasteiger partial charge in [-0.2, -0.15) is 0 Å². The molecule has 4 rings (SSSR count). The molecule has 0 bridgehead atoms. The monoisotopic (exact) mass is 408 g/mol. The van der Waals surface area contributed by atoms with E-state index in [1.54, 1.807) is 0 Å². The molecule has 1 unspecified atom stereocenters. The van der Waals surface area contributed by atoms with Gasteiger partial charge in [0.05, 0.1) is 6.61 Å². The first-order valence-corrected chi connectivity index (χ1v) is 10.7. The zero-order valence-corrected chi connectivity index (χ0v) is 17.2. The van der Waals surface area contributed by atoms with Crippen LogP contribution < -0.4 is 9.46 Å². The van der Waals surface area contributed by atoms with Gasteiger partial charge in [0.15, 0.2) is 0 Å². The standard InChI is InChI=1S/C23H24N2O3S/c1-25-15-14-22-19(16-25)8-5-9-23(22)28-21-12-10-20(11-13-21)24-29(26)27-17-18-6-3-2-4-7-18/h2-13,24H,14-17H2,1H3. The summed E-state index contributed by atoms with van der Waals surface area (Å²) in [6, 6.07) is 23.3. The third-order valence-electron chi connectivity index (χ3n) is 4.87. The highest BCUT2D eigenvalue weighted by atomic mass is 32.2. The second kappa shape index (κ2) is 9.22. The zero-order chi connectivity index (χ0) is 20.1. The summed E-state index contributed by atoms with van der Waals surface area (Å²) in [5.41, 5.74) is 4.29. The number of fused-ring (bicyclic) bond motifs is 1. The van der Waals surface area contributed by atoms with Crippen LogP contribution in [0.15, 0.2) is 72.8 Å². The number of benzene rings is 3. The Balaban J connectivity index is 1.35. The molecule has 3 aromatic carbocycles. The van der Waals surface area contributed by atoms with E-state index in [4.69, 9.17) is 8.92 Å². The molecular weight excluding hydrogens is 384 g/mol. The first kappa shape index (κ1) is 19.6. The van der Waals surface area contributed by atoms with Crippen LogP contribution in [-0.4, -0.2) is 22.7 Å². The smallest absolute Gasteiger partial charge is 0.262 e. The molecule has 1 heterocycles. The maximum atomic E-state index is 12.1. The van der Waals surface area contributed by atoms with Crippen LogP contribution in [0.25, 0.3) is 0 Å². The van der Waals surface area contributed by atoms with Gasteiger partial charge in [-0.25, -0.2) is 4.21 Å². The largest absolute Gasteiger partial charge is 0.457 e. The van der Waals surface area contributed by atoms with Gasteiger partial charge in [0.1, 0.15) is 11.5 Å². The number of nitrogens with zero attached hydrogens (tertiary/aromatic N) is 1. The number of hydrogen-bond donors (Lipinski definition) is 1. The number of anilines is 1. The van der Waals surface area contributed by atoms with E-state index < -0.39 is 11.3 Å². The summed E-state index contributed by atoms with van der Waals surface area (Å²) in [5.74, 6) is 1.66. The Bertz CT molecular complexity index is 977. The molecule has 150 valence electrons. The number of likely N-dealkylation sites (N-methyl/N-ethyl adjacent to an activating group) is 1. The molecule has 1 aliphatic rings. The maximum Gasteiger partial charge on any atom is 0.262 e. The number of nitrogens with one attached hydrogen (secondary N) is 1. The van der Waals surface area contributed by atoms with Crippen molar-refractivity contribution in [1.82, 2.24) is 4.90 Å². The predicted octanol–water partition coefficient (Wildman–Crippen LogP) is 4.67. The Kier molecular flexibility index (Phi) is 6.24. The van der Waals surface area contributed by atoms with Crippen molar-refractivity contribution < 1.29 is 13.1 Å². The molecule has 0 amide bonds. The lowest BCUT2D eigenvalue weighted by atomic mass is 9.99. The first-order valence-electron chi connectivity index (χ1n) is 9.60. The lowest BCUT2D eigenvalue weighted by Gasteiger charge is -2.26. The maximum absolute atomic E-state index is 12.1. The molecule has 0 radical (unpaired) electrons. The van der Waals surface area contributed by atoms with E-state index in [0.29, 0.717) is 5.69 Å². The molecule has 0 fully saturated rings. The lowest BCUT2D eigenvalue weighted by Crippen LogP contribution is -2.26. The van der Waals surface area contributed by atoms with Crippen LogP contribution in [0.2, 0.25) is 0 Å². The summed E-state index contributed by atoms with van der Waals surface area (Å²) < 4.78 is 26.4. The predicted molar refractivity (Wildman–Crippen MR) is 116 cm³/mol. The summed E-state index contributed by atoms with van der Waals surface area (Å²) in [7, 11) is 2.13. The van der Waals surface area contributed by atoms with E-state index in [2.05, 4.69) is 22.7 Å². The molecular formula is C23H24N2O3S. The second-order valence-electron chi connectivity index (χ2n) is 7.09. The van der Waals surface area contributed by atoms with Crippen LogP contribution in [0.1, 0.15) is 16.7 Å². The van der Waals surface area contributed by atoms with Crippen LogP contribution >= 0.6 is 0 Å². The highest BCUT2D eigenvalue weighted by Crippen LogP contribution is 2.31. The lowest BCUT2D eigenvalue weighted by molar-refractivity contribution is 0.309. The van der Waals surface area contributed by atoms with E-state index >= 15 is 0 Å². The van der Waals surface area contributed by atoms with Gasteiger partial charge in [0.25, 0.3) is 11.3 Å². The number of ether oxygens (including phenoxy) is 1. The van der Waals surface area contributed by atoms with Crippen LogP contribution in [0.3, 0.4) is 0 Å². The van der Waals surface area contributed by atoms with Gasteiger partial charge < -0.3 is 9.64 Å². The highest BCUT2D eigenvalue weighted by molar-refractivity contribution is 7.81. The fraction of sp³-hybridized carbons (Fsp3) is 0.217. The summed E-state index contributed by atoms with van der Waals surface area (Å²) in [6.07, 6.45) is 0.985. The van der Waals surface area contributed by atoms with E-state index in [1.807, 2.05) is 66.7 Å². The molecule has 5 nitrogen and oxygen atoms in total. The van der Waals surface area contributed by atoms with Gasteiger partial charge >= 0.3 is 0 Å².